The molecule has 0 radical (unpaired) electrons. The summed E-state index contributed by atoms with van der Waals surface area (Å²) in [7, 11) is 1.37. The van der Waals surface area contributed by atoms with Gasteiger partial charge < -0.3 is 9.30 Å². The summed E-state index contributed by atoms with van der Waals surface area (Å²) >= 11 is 1.57. The van der Waals surface area contributed by atoms with Gasteiger partial charge in [-0.05, 0) is 59.0 Å². The Hall–Kier alpha value is -3.72. The minimum Gasteiger partial charge on any atom is -0.465 e. The number of esters is 1. The molecule has 212 valence electrons. The molecular weight excluding hydrogens is 524 g/mol. The van der Waals surface area contributed by atoms with Crippen molar-refractivity contribution in [2.75, 3.05) is 13.7 Å². The molecule has 1 aromatic carbocycles. The highest BCUT2D eigenvalue weighted by Crippen LogP contribution is 2.28. The monoisotopic (exact) mass is 562 g/mol. The fourth-order valence-corrected chi connectivity index (χ4v) is 5.45. The molecule has 0 unspecified atom stereocenters. The average molecular weight is 563 g/mol. The fourth-order valence-electron chi connectivity index (χ4n) is 4.79. The number of hydrogen-bond acceptors (Lipinski definition) is 6. The Morgan fingerprint density at radius 1 is 0.950 bits per heavy atom. The van der Waals surface area contributed by atoms with Crippen molar-refractivity contribution in [2.45, 2.75) is 71.9 Å². The van der Waals surface area contributed by atoms with Gasteiger partial charge in [0.15, 0.2) is 0 Å². The second kappa shape index (κ2) is 14.1. The third-order valence-electron chi connectivity index (χ3n) is 7.10. The molecule has 0 spiro atoms. The number of nitrogens with zero attached hydrogens (tertiary/aromatic N) is 4. The highest BCUT2D eigenvalue weighted by Gasteiger charge is 2.40. The van der Waals surface area contributed by atoms with Crippen molar-refractivity contribution in [3.8, 4) is 0 Å². The van der Waals surface area contributed by atoms with Crippen molar-refractivity contribution < 1.29 is 19.1 Å². The Bertz CT molecular complexity index is 1330. The number of urea groups is 1. The van der Waals surface area contributed by atoms with Crippen LogP contribution in [0.15, 0.2) is 53.0 Å². The molecule has 1 fully saturated rings. The summed E-state index contributed by atoms with van der Waals surface area (Å²) in [6, 6.07) is 9.01. The van der Waals surface area contributed by atoms with Crippen LogP contribution < -0.4 is 0 Å². The van der Waals surface area contributed by atoms with E-state index in [1.165, 1.54) is 12.0 Å². The van der Waals surface area contributed by atoms with Gasteiger partial charge in [0, 0.05) is 19.5 Å². The molecular formula is C31H38N4O4S. The van der Waals surface area contributed by atoms with Gasteiger partial charge >= 0.3 is 12.0 Å². The number of aromatic nitrogens is 2. The number of carbonyl (C=O) groups is 3. The molecule has 3 amide bonds. The molecule has 0 bridgehead atoms. The van der Waals surface area contributed by atoms with Crippen molar-refractivity contribution in [3.05, 3.63) is 81.2 Å². The van der Waals surface area contributed by atoms with E-state index in [1.54, 1.807) is 34.6 Å². The fraction of sp³-hybridized carbons (Fsp3) is 0.419. The maximum Gasteiger partial charge on any atom is 0.337 e. The molecule has 4 rings (SSSR count). The number of rotatable bonds is 14. The van der Waals surface area contributed by atoms with E-state index in [2.05, 4.69) is 18.4 Å². The van der Waals surface area contributed by atoms with E-state index < -0.39 is 0 Å². The van der Waals surface area contributed by atoms with Crippen LogP contribution in [0, 0.1) is 0 Å². The van der Waals surface area contributed by atoms with Gasteiger partial charge in [-0.15, -0.1) is 0 Å². The van der Waals surface area contributed by atoms with Gasteiger partial charge in [-0.3, -0.25) is 14.6 Å². The zero-order valence-electron chi connectivity index (χ0n) is 23.6. The molecule has 3 heterocycles. The molecule has 9 heteroatoms. The lowest BCUT2D eigenvalue weighted by Crippen LogP contribution is -2.33. The predicted octanol–water partition coefficient (Wildman–Crippen LogP) is 6.51. The van der Waals surface area contributed by atoms with E-state index >= 15 is 0 Å². The van der Waals surface area contributed by atoms with E-state index in [4.69, 9.17) is 9.72 Å². The zero-order chi connectivity index (χ0) is 28.5. The van der Waals surface area contributed by atoms with Crippen LogP contribution in [0.25, 0.3) is 6.08 Å². The minimum atomic E-state index is -0.377. The van der Waals surface area contributed by atoms with Crippen LogP contribution in [0.3, 0.4) is 0 Å². The third kappa shape index (κ3) is 6.88. The molecule has 1 saturated heterocycles. The molecule has 8 nitrogen and oxygen atoms in total. The normalized spacial score (nSPS) is 14.5. The summed E-state index contributed by atoms with van der Waals surface area (Å²) in [5.41, 5.74) is 3.61. The Balaban J connectivity index is 1.67. The molecule has 0 aliphatic carbocycles. The first-order valence-corrected chi connectivity index (χ1v) is 15.0. The highest BCUT2D eigenvalue weighted by atomic mass is 32.1. The Labute approximate surface area is 240 Å². The molecule has 1 aliphatic rings. The summed E-state index contributed by atoms with van der Waals surface area (Å²) < 4.78 is 6.92. The maximum absolute atomic E-state index is 13.6. The average Bonchev–Trinajstić information content (AvgIpc) is 3.67. The van der Waals surface area contributed by atoms with Crippen molar-refractivity contribution in [1.82, 2.24) is 19.4 Å². The van der Waals surface area contributed by atoms with Crippen LogP contribution in [0.2, 0.25) is 0 Å². The summed E-state index contributed by atoms with van der Waals surface area (Å²) in [5, 5.41) is 3.98. The lowest BCUT2D eigenvalue weighted by molar-refractivity contribution is -0.123. The Kier molecular flexibility index (Phi) is 10.3. The standard InChI is InChI=1S/C31H38N4O4S/c1-4-6-8-9-16-33-29(36)27(35(31(33)38)21-24-15-17-40-22-24)18-26-19-32-28(10-7-5-2)34(26)20-23-11-13-25(14-12-23)30(37)39-3/h11-15,17-19,22H,4-10,16,20-21H2,1-3H3. The minimum absolute atomic E-state index is 0.262. The summed E-state index contributed by atoms with van der Waals surface area (Å²) in [4.78, 5) is 46.7. The number of ether oxygens (including phenoxy) is 1. The first-order chi connectivity index (χ1) is 19.5. The maximum atomic E-state index is 13.6. The summed E-state index contributed by atoms with van der Waals surface area (Å²) in [6.07, 6.45) is 10.4. The molecule has 3 aromatic rings. The van der Waals surface area contributed by atoms with E-state index in [1.807, 2.05) is 35.0 Å². The number of benzene rings is 1. The van der Waals surface area contributed by atoms with Crippen molar-refractivity contribution in [1.29, 1.82) is 0 Å². The van der Waals surface area contributed by atoms with Crippen LogP contribution in [0.5, 0.6) is 0 Å². The summed E-state index contributed by atoms with van der Waals surface area (Å²) in [5.74, 6) is 0.281. The van der Waals surface area contributed by atoms with Gasteiger partial charge in [0.2, 0.25) is 0 Å². The topological polar surface area (TPSA) is 84.7 Å². The van der Waals surface area contributed by atoms with Gasteiger partial charge in [-0.25, -0.2) is 14.6 Å². The molecule has 2 aromatic heterocycles. The number of unbranched alkanes of at least 4 members (excludes halogenated alkanes) is 4. The number of thiophene rings is 1. The largest absolute Gasteiger partial charge is 0.465 e. The van der Waals surface area contributed by atoms with Crippen LogP contribution >= 0.6 is 11.3 Å². The van der Waals surface area contributed by atoms with Crippen molar-refractivity contribution in [2.24, 2.45) is 0 Å². The predicted molar refractivity (Wildman–Crippen MR) is 157 cm³/mol. The van der Waals surface area contributed by atoms with Gasteiger partial charge in [-0.2, -0.15) is 11.3 Å². The Morgan fingerprint density at radius 3 is 2.40 bits per heavy atom. The number of methoxy groups -OCH3 is 1. The first kappa shape index (κ1) is 29.3. The van der Waals surface area contributed by atoms with Crippen molar-refractivity contribution >= 4 is 35.3 Å². The Morgan fingerprint density at radius 2 is 1.73 bits per heavy atom. The van der Waals surface area contributed by atoms with E-state index in [0.717, 1.165) is 67.6 Å². The number of carbonyl (C=O) groups excluding carboxylic acids is 3. The number of amides is 3. The van der Waals surface area contributed by atoms with Gasteiger partial charge in [0.05, 0.1) is 31.1 Å². The molecule has 0 N–H and O–H groups in total. The number of hydrogen-bond donors (Lipinski definition) is 0. The van der Waals surface area contributed by atoms with Crippen LogP contribution in [-0.4, -0.2) is 50.9 Å². The quantitative estimate of drug-likeness (QED) is 0.0968. The van der Waals surface area contributed by atoms with Crippen LogP contribution in [0.4, 0.5) is 4.79 Å². The summed E-state index contributed by atoms with van der Waals surface area (Å²) in [6.45, 7) is 5.57. The van der Waals surface area contributed by atoms with Crippen LogP contribution in [0.1, 0.15) is 85.4 Å². The first-order valence-electron chi connectivity index (χ1n) is 14.0. The lowest BCUT2D eigenvalue weighted by atomic mass is 10.1. The molecule has 1 aliphatic heterocycles. The van der Waals surface area contributed by atoms with Gasteiger partial charge in [-0.1, -0.05) is 51.7 Å². The van der Waals surface area contributed by atoms with Crippen LogP contribution in [-0.2, 0) is 29.0 Å². The second-order valence-corrected chi connectivity index (χ2v) is 10.8. The van der Waals surface area contributed by atoms with E-state index in [9.17, 15) is 14.4 Å². The number of aryl methyl sites for hydroxylation is 1. The number of imidazole rings is 1. The van der Waals surface area contributed by atoms with Gasteiger partial charge in [0.1, 0.15) is 11.5 Å². The molecule has 0 saturated carbocycles. The lowest BCUT2D eigenvalue weighted by Gasteiger charge is -2.17. The smallest absolute Gasteiger partial charge is 0.337 e. The van der Waals surface area contributed by atoms with Crippen molar-refractivity contribution in [3.63, 3.8) is 0 Å². The van der Waals surface area contributed by atoms with E-state index in [0.29, 0.717) is 30.9 Å². The van der Waals surface area contributed by atoms with Gasteiger partial charge in [0.25, 0.3) is 5.91 Å². The second-order valence-electron chi connectivity index (χ2n) is 10.0. The molecule has 0 atom stereocenters. The zero-order valence-corrected chi connectivity index (χ0v) is 24.4. The van der Waals surface area contributed by atoms with E-state index in [-0.39, 0.29) is 17.9 Å². The third-order valence-corrected chi connectivity index (χ3v) is 7.83. The highest BCUT2D eigenvalue weighted by molar-refractivity contribution is 7.07. The molecule has 40 heavy (non-hydrogen) atoms. The number of imide groups is 1. The SMILES string of the molecule is CCCCCCN1C(=O)C(=Cc2cnc(CCCC)n2Cc2ccc(C(=O)OC)cc2)N(Cc2ccsc2)C1=O.